The van der Waals surface area contributed by atoms with Crippen molar-refractivity contribution >= 4 is 11.7 Å². The minimum atomic E-state index is -0.325. The summed E-state index contributed by atoms with van der Waals surface area (Å²) in [5.41, 5.74) is 1.66. The number of unbranched alkanes of at least 4 members (excludes halogenated alkanes) is 1. The normalized spacial score (nSPS) is 22.2. The van der Waals surface area contributed by atoms with Crippen LogP contribution in [0.4, 0.5) is 5.95 Å². The van der Waals surface area contributed by atoms with E-state index in [1.165, 1.54) is 6.33 Å². The number of rotatable bonds is 6. The second kappa shape index (κ2) is 7.54. The first-order valence-electron chi connectivity index (χ1n) is 10.2. The number of nitrogens with one attached hydrogen (secondary N) is 1. The first-order chi connectivity index (χ1) is 13.9. The van der Waals surface area contributed by atoms with Gasteiger partial charge in [0.05, 0.1) is 25.7 Å². The van der Waals surface area contributed by atoms with Gasteiger partial charge in [0, 0.05) is 12.1 Å². The maximum atomic E-state index is 13.2. The zero-order valence-corrected chi connectivity index (χ0v) is 17.4. The van der Waals surface area contributed by atoms with Gasteiger partial charge in [-0.1, -0.05) is 39.3 Å². The van der Waals surface area contributed by atoms with Gasteiger partial charge in [0.2, 0.25) is 5.95 Å². The van der Waals surface area contributed by atoms with Crippen molar-refractivity contribution in [3.63, 3.8) is 0 Å². The molecule has 1 aliphatic heterocycles. The summed E-state index contributed by atoms with van der Waals surface area (Å²) in [7, 11) is 1.63. The number of ketones is 1. The molecule has 2 aliphatic rings. The molecule has 1 aromatic heterocycles. The molecule has 0 spiro atoms. The fourth-order valence-electron chi connectivity index (χ4n) is 4.22. The molecule has 7 heteroatoms. The summed E-state index contributed by atoms with van der Waals surface area (Å²) >= 11 is 0. The summed E-state index contributed by atoms with van der Waals surface area (Å²) in [5.74, 6) is 1.89. The zero-order chi connectivity index (χ0) is 20.6. The number of carbonyl (C=O) groups is 1. The summed E-state index contributed by atoms with van der Waals surface area (Å²) in [6.45, 7) is 6.94. The monoisotopic (exact) mass is 396 g/mol. The van der Waals surface area contributed by atoms with E-state index in [-0.39, 0.29) is 23.2 Å². The topological polar surface area (TPSA) is 78.3 Å². The lowest BCUT2D eigenvalue weighted by Crippen LogP contribution is -2.42. The lowest BCUT2D eigenvalue weighted by Gasteiger charge is -2.40. The van der Waals surface area contributed by atoms with Gasteiger partial charge < -0.3 is 14.8 Å². The summed E-state index contributed by atoms with van der Waals surface area (Å²) in [6.07, 6.45) is 6.23. The lowest BCUT2D eigenvalue weighted by atomic mass is 9.72. The van der Waals surface area contributed by atoms with Crippen molar-refractivity contribution in [3.8, 4) is 11.5 Å². The smallest absolute Gasteiger partial charge is 0.226 e. The van der Waals surface area contributed by atoms with Gasteiger partial charge in [-0.3, -0.25) is 4.79 Å². The highest BCUT2D eigenvalue weighted by molar-refractivity contribution is 5.88. The van der Waals surface area contributed by atoms with E-state index in [4.69, 9.17) is 9.47 Å². The predicted octanol–water partition coefficient (Wildman–Crippen LogP) is 3.98. The van der Waals surface area contributed by atoms with E-state index in [0.717, 1.165) is 24.1 Å². The number of hydrogen-bond acceptors (Lipinski definition) is 6. The number of ether oxygens (including phenoxy) is 2. The molecule has 1 aromatic carbocycles. The van der Waals surface area contributed by atoms with Gasteiger partial charge >= 0.3 is 0 Å². The molecule has 0 unspecified atom stereocenters. The van der Waals surface area contributed by atoms with E-state index in [1.807, 2.05) is 18.2 Å². The zero-order valence-electron chi connectivity index (χ0n) is 17.4. The van der Waals surface area contributed by atoms with Crippen molar-refractivity contribution in [1.29, 1.82) is 0 Å². The Morgan fingerprint density at radius 1 is 1.31 bits per heavy atom. The molecule has 0 fully saturated rings. The molecule has 2 heterocycles. The molecule has 29 heavy (non-hydrogen) atoms. The summed E-state index contributed by atoms with van der Waals surface area (Å²) < 4.78 is 13.3. The maximum absolute atomic E-state index is 13.2. The molecule has 7 nitrogen and oxygen atoms in total. The Hall–Kier alpha value is -2.83. The summed E-state index contributed by atoms with van der Waals surface area (Å²) in [4.78, 5) is 17.5. The molecule has 2 aromatic rings. The second-order valence-corrected chi connectivity index (χ2v) is 8.42. The molecular weight excluding hydrogens is 368 g/mol. The minimum Gasteiger partial charge on any atom is -0.493 e. The third-order valence-corrected chi connectivity index (χ3v) is 5.55. The SMILES string of the molecule is CCCCOc1ccc([C@@H]2[C@H]3C(=O)CC(C)(C)C=C3Nc3ncnn32)cc1OC. The number of benzene rings is 1. The Labute approximate surface area is 171 Å². The van der Waals surface area contributed by atoms with Gasteiger partial charge in [-0.15, -0.1) is 0 Å². The third-order valence-electron chi connectivity index (χ3n) is 5.55. The molecule has 4 rings (SSSR count). The van der Waals surface area contributed by atoms with Crippen LogP contribution in [0.1, 0.15) is 51.6 Å². The number of methoxy groups -OCH3 is 1. The number of anilines is 1. The summed E-state index contributed by atoms with van der Waals surface area (Å²) in [6, 6.07) is 5.59. The van der Waals surface area contributed by atoms with Crippen LogP contribution in [0, 0.1) is 11.3 Å². The molecule has 154 valence electrons. The molecule has 0 saturated carbocycles. The van der Waals surface area contributed by atoms with Crippen molar-refractivity contribution in [2.75, 3.05) is 19.0 Å². The van der Waals surface area contributed by atoms with Crippen LogP contribution in [0.3, 0.4) is 0 Å². The van der Waals surface area contributed by atoms with E-state index >= 15 is 0 Å². The van der Waals surface area contributed by atoms with Crippen molar-refractivity contribution in [2.45, 2.75) is 46.1 Å². The first-order valence-corrected chi connectivity index (χ1v) is 10.2. The van der Waals surface area contributed by atoms with E-state index in [1.54, 1.807) is 11.8 Å². The van der Waals surface area contributed by atoms with E-state index < -0.39 is 0 Å². The molecular formula is C22H28N4O3. The molecule has 0 radical (unpaired) electrons. The largest absolute Gasteiger partial charge is 0.493 e. The Kier molecular flexibility index (Phi) is 5.06. The standard InChI is InChI=1S/C22H28N4O3/c1-5-6-9-29-17-8-7-14(10-18(17)28-4)20-19-15(11-22(2,3)12-16(19)27)25-21-23-13-24-26(20)21/h7-8,10-11,13,19-20H,5-6,9,12H2,1-4H3,(H,23,24,25)/t19-,20-/m1/s1. The maximum Gasteiger partial charge on any atom is 0.226 e. The second-order valence-electron chi connectivity index (χ2n) is 8.42. The van der Waals surface area contributed by atoms with Gasteiger partial charge in [0.1, 0.15) is 12.1 Å². The lowest BCUT2D eigenvalue weighted by molar-refractivity contribution is -0.125. The first kappa shape index (κ1) is 19.5. The van der Waals surface area contributed by atoms with Crippen molar-refractivity contribution in [1.82, 2.24) is 14.8 Å². The van der Waals surface area contributed by atoms with Crippen LogP contribution >= 0.6 is 0 Å². The summed E-state index contributed by atoms with van der Waals surface area (Å²) in [5, 5.41) is 7.72. The highest BCUT2D eigenvalue weighted by Crippen LogP contribution is 2.46. The van der Waals surface area contributed by atoms with E-state index in [0.29, 0.717) is 30.5 Å². The van der Waals surface area contributed by atoms with Gasteiger partial charge in [-0.2, -0.15) is 10.1 Å². The highest BCUT2D eigenvalue weighted by Gasteiger charge is 2.44. The van der Waals surface area contributed by atoms with Crippen molar-refractivity contribution in [3.05, 3.63) is 41.9 Å². The highest BCUT2D eigenvalue weighted by atomic mass is 16.5. The van der Waals surface area contributed by atoms with Crippen LogP contribution in [0.15, 0.2) is 36.3 Å². The van der Waals surface area contributed by atoms with Gasteiger partial charge in [-0.25, -0.2) is 4.68 Å². The Bertz CT molecular complexity index is 947. The number of carbonyl (C=O) groups excluding carboxylic acids is 1. The number of hydrogen-bond donors (Lipinski definition) is 1. The van der Waals surface area contributed by atoms with Crippen LogP contribution in [0.5, 0.6) is 11.5 Å². The van der Waals surface area contributed by atoms with Crippen LogP contribution < -0.4 is 14.8 Å². The molecule has 0 bridgehead atoms. The van der Waals surface area contributed by atoms with E-state index in [9.17, 15) is 4.79 Å². The van der Waals surface area contributed by atoms with E-state index in [2.05, 4.69) is 42.2 Å². The fourth-order valence-corrected chi connectivity index (χ4v) is 4.22. The Morgan fingerprint density at radius 2 is 2.14 bits per heavy atom. The van der Waals surface area contributed by atoms with Crippen molar-refractivity contribution < 1.29 is 14.3 Å². The Morgan fingerprint density at radius 3 is 2.90 bits per heavy atom. The molecule has 0 saturated heterocycles. The van der Waals surface area contributed by atoms with Gasteiger partial charge in [0.15, 0.2) is 11.5 Å². The van der Waals surface area contributed by atoms with Crippen LogP contribution in [-0.2, 0) is 4.79 Å². The van der Waals surface area contributed by atoms with Gasteiger partial charge in [0.25, 0.3) is 0 Å². The van der Waals surface area contributed by atoms with Gasteiger partial charge in [-0.05, 0) is 29.5 Å². The minimum absolute atomic E-state index is 0.183. The number of nitrogens with zero attached hydrogens (tertiary/aromatic N) is 3. The average molecular weight is 396 g/mol. The number of Topliss-reactive ketones (excluding diaryl/α,β-unsaturated/α-hetero) is 1. The quantitative estimate of drug-likeness (QED) is 0.744. The molecule has 2 atom stereocenters. The molecule has 1 aliphatic carbocycles. The predicted molar refractivity (Wildman–Crippen MR) is 110 cm³/mol. The van der Waals surface area contributed by atoms with Crippen molar-refractivity contribution in [2.24, 2.45) is 11.3 Å². The van der Waals surface area contributed by atoms with Crippen LogP contribution in [0.2, 0.25) is 0 Å². The average Bonchev–Trinajstić information content (AvgIpc) is 3.14. The fraction of sp³-hybridized carbons (Fsp3) is 0.500. The van der Waals surface area contributed by atoms with Crippen LogP contribution in [-0.4, -0.2) is 34.3 Å². The third kappa shape index (κ3) is 3.61. The number of aromatic nitrogens is 3. The molecule has 0 amide bonds. The van der Waals surface area contributed by atoms with Crippen LogP contribution in [0.25, 0.3) is 0 Å². The molecule has 1 N–H and O–H groups in total. The number of allylic oxidation sites excluding steroid dienone is 2. The number of fused-ring (bicyclic) bond motifs is 2. The Balaban J connectivity index is 1.76.